The molecule has 2 heteroatoms. The zero-order chi connectivity index (χ0) is 13.0. The maximum Gasteiger partial charge on any atom is 0.0605 e. The molecule has 1 heterocycles. The third-order valence-electron chi connectivity index (χ3n) is 3.68. The normalized spacial score (nSPS) is 21.4. The molecule has 0 saturated carbocycles. The Labute approximate surface area is 110 Å². The van der Waals surface area contributed by atoms with Crippen molar-refractivity contribution in [1.29, 1.82) is 0 Å². The Balaban J connectivity index is 1.84. The van der Waals surface area contributed by atoms with Crippen molar-refractivity contribution in [1.82, 2.24) is 0 Å². The highest BCUT2D eigenvalue weighted by molar-refractivity contribution is 5.25. The first-order chi connectivity index (χ1) is 8.65. The van der Waals surface area contributed by atoms with E-state index in [-0.39, 0.29) is 12.2 Å². The number of aliphatic hydroxyl groups excluding tert-OH is 1. The third kappa shape index (κ3) is 3.82. The fraction of sp³-hybridized carbons (Fsp3) is 0.625. The average molecular weight is 248 g/mol. The second-order valence-electron chi connectivity index (χ2n) is 5.62. The van der Waals surface area contributed by atoms with Crippen molar-refractivity contribution in [2.45, 2.75) is 57.7 Å². The molecule has 1 aliphatic rings. The van der Waals surface area contributed by atoms with Gasteiger partial charge in [-0.2, -0.15) is 0 Å². The Morgan fingerprint density at radius 3 is 2.56 bits per heavy atom. The summed E-state index contributed by atoms with van der Waals surface area (Å²) in [4.78, 5) is 0. The highest BCUT2D eigenvalue weighted by Gasteiger charge is 2.19. The highest BCUT2D eigenvalue weighted by Crippen LogP contribution is 2.20. The van der Waals surface area contributed by atoms with Crippen molar-refractivity contribution >= 4 is 0 Å². The van der Waals surface area contributed by atoms with E-state index in [1.165, 1.54) is 11.1 Å². The van der Waals surface area contributed by atoms with E-state index < -0.39 is 0 Å². The maximum absolute atomic E-state index is 10.1. The lowest BCUT2D eigenvalue weighted by Gasteiger charge is -2.15. The van der Waals surface area contributed by atoms with E-state index in [1.54, 1.807) is 0 Å². The van der Waals surface area contributed by atoms with Gasteiger partial charge in [0.25, 0.3) is 0 Å². The lowest BCUT2D eigenvalue weighted by atomic mass is 9.98. The molecule has 1 aromatic rings. The maximum atomic E-state index is 10.1. The fourth-order valence-electron chi connectivity index (χ4n) is 2.53. The molecule has 0 bridgehead atoms. The fourth-order valence-corrected chi connectivity index (χ4v) is 2.53. The van der Waals surface area contributed by atoms with Crippen molar-refractivity contribution in [3.05, 3.63) is 35.4 Å². The smallest absolute Gasteiger partial charge is 0.0605 e. The van der Waals surface area contributed by atoms with Crippen molar-refractivity contribution in [2.24, 2.45) is 0 Å². The average Bonchev–Trinajstić information content (AvgIpc) is 2.82. The van der Waals surface area contributed by atoms with Gasteiger partial charge in [0.05, 0.1) is 12.2 Å². The number of hydrogen-bond acceptors (Lipinski definition) is 2. The lowest BCUT2D eigenvalue weighted by Crippen LogP contribution is -2.19. The van der Waals surface area contributed by atoms with E-state index in [1.807, 2.05) is 0 Å². The van der Waals surface area contributed by atoms with Gasteiger partial charge in [0.15, 0.2) is 0 Å². The van der Waals surface area contributed by atoms with Crippen LogP contribution < -0.4 is 0 Å². The van der Waals surface area contributed by atoms with Gasteiger partial charge in [-0.15, -0.1) is 0 Å². The summed E-state index contributed by atoms with van der Waals surface area (Å²) in [6, 6.07) is 8.60. The molecule has 2 rings (SSSR count). The molecule has 2 nitrogen and oxygen atoms in total. The van der Waals surface area contributed by atoms with Crippen molar-refractivity contribution in [3.8, 4) is 0 Å². The molecule has 1 aromatic carbocycles. The van der Waals surface area contributed by atoms with Crippen LogP contribution in [-0.4, -0.2) is 23.9 Å². The van der Waals surface area contributed by atoms with Crippen LogP contribution in [0.5, 0.6) is 0 Å². The molecule has 0 spiro atoms. The van der Waals surface area contributed by atoms with Gasteiger partial charge in [0.2, 0.25) is 0 Å². The first kappa shape index (κ1) is 13.6. The molecule has 100 valence electrons. The molecule has 1 saturated heterocycles. The molecular formula is C16H24O2. The summed E-state index contributed by atoms with van der Waals surface area (Å²) < 4.78 is 5.55. The largest absolute Gasteiger partial charge is 0.393 e. The van der Waals surface area contributed by atoms with Gasteiger partial charge < -0.3 is 9.84 Å². The van der Waals surface area contributed by atoms with Crippen LogP contribution in [0, 0.1) is 0 Å². The predicted molar refractivity (Wildman–Crippen MR) is 73.8 cm³/mol. The first-order valence-electron chi connectivity index (χ1n) is 7.03. The molecule has 18 heavy (non-hydrogen) atoms. The summed E-state index contributed by atoms with van der Waals surface area (Å²) in [6.07, 6.45) is 3.74. The second kappa shape index (κ2) is 6.35. The molecule has 2 atom stereocenters. The predicted octanol–water partition coefficient (Wildman–Crippen LogP) is 3.28. The molecule has 1 aliphatic heterocycles. The Bertz CT molecular complexity index is 350. The van der Waals surface area contributed by atoms with E-state index in [2.05, 4.69) is 38.1 Å². The summed E-state index contributed by atoms with van der Waals surface area (Å²) in [7, 11) is 0. The summed E-state index contributed by atoms with van der Waals surface area (Å²) >= 11 is 0. The van der Waals surface area contributed by atoms with Crippen LogP contribution in [0.15, 0.2) is 24.3 Å². The lowest BCUT2D eigenvalue weighted by molar-refractivity contribution is 0.0541. The Kier molecular flexibility index (Phi) is 4.79. The van der Waals surface area contributed by atoms with E-state index in [9.17, 15) is 5.11 Å². The van der Waals surface area contributed by atoms with Gasteiger partial charge >= 0.3 is 0 Å². The number of hydrogen-bond donors (Lipinski definition) is 1. The van der Waals surface area contributed by atoms with Gasteiger partial charge in [0.1, 0.15) is 0 Å². The van der Waals surface area contributed by atoms with Crippen LogP contribution in [-0.2, 0) is 11.2 Å². The molecule has 0 aromatic heterocycles. The van der Waals surface area contributed by atoms with Crippen molar-refractivity contribution < 1.29 is 9.84 Å². The quantitative estimate of drug-likeness (QED) is 0.866. The van der Waals surface area contributed by atoms with Crippen LogP contribution >= 0.6 is 0 Å². The molecular weight excluding hydrogens is 224 g/mol. The summed E-state index contributed by atoms with van der Waals surface area (Å²) in [5, 5.41) is 10.1. The van der Waals surface area contributed by atoms with Crippen LogP contribution in [0.1, 0.15) is 50.2 Å². The van der Waals surface area contributed by atoms with Crippen molar-refractivity contribution in [3.63, 3.8) is 0 Å². The number of ether oxygens (including phenoxy) is 1. The zero-order valence-corrected chi connectivity index (χ0v) is 11.4. The monoisotopic (exact) mass is 248 g/mol. The first-order valence-corrected chi connectivity index (χ1v) is 7.03. The Morgan fingerprint density at radius 1 is 1.28 bits per heavy atom. The van der Waals surface area contributed by atoms with E-state index in [0.29, 0.717) is 5.92 Å². The highest BCUT2D eigenvalue weighted by atomic mass is 16.5. The van der Waals surface area contributed by atoms with Gasteiger partial charge in [0, 0.05) is 6.61 Å². The minimum Gasteiger partial charge on any atom is -0.393 e. The molecule has 1 N–H and O–H groups in total. The SMILES string of the molecule is CC(C)c1ccc(CC(O)CC2CCCO2)cc1. The van der Waals surface area contributed by atoms with Crippen LogP contribution in [0.4, 0.5) is 0 Å². The van der Waals surface area contributed by atoms with E-state index >= 15 is 0 Å². The molecule has 0 aliphatic carbocycles. The minimum atomic E-state index is -0.280. The molecule has 2 unspecified atom stereocenters. The van der Waals surface area contributed by atoms with E-state index in [4.69, 9.17) is 4.74 Å². The standard InChI is InChI=1S/C16H24O2/c1-12(2)14-7-5-13(6-8-14)10-15(17)11-16-4-3-9-18-16/h5-8,12,15-17H,3-4,9-11H2,1-2H3. The Morgan fingerprint density at radius 2 is 2.00 bits per heavy atom. The van der Waals surface area contributed by atoms with Crippen LogP contribution in [0.2, 0.25) is 0 Å². The van der Waals surface area contributed by atoms with Crippen LogP contribution in [0.3, 0.4) is 0 Å². The number of benzene rings is 1. The van der Waals surface area contributed by atoms with E-state index in [0.717, 1.165) is 32.3 Å². The second-order valence-corrected chi connectivity index (χ2v) is 5.62. The summed E-state index contributed by atoms with van der Waals surface area (Å²) in [5.41, 5.74) is 2.57. The zero-order valence-electron chi connectivity index (χ0n) is 11.4. The molecule has 0 radical (unpaired) electrons. The van der Waals surface area contributed by atoms with Gasteiger partial charge in [-0.1, -0.05) is 38.1 Å². The van der Waals surface area contributed by atoms with Gasteiger partial charge in [-0.05, 0) is 42.7 Å². The van der Waals surface area contributed by atoms with Gasteiger partial charge in [-0.25, -0.2) is 0 Å². The summed E-state index contributed by atoms with van der Waals surface area (Å²) in [6.45, 7) is 5.25. The van der Waals surface area contributed by atoms with Crippen molar-refractivity contribution in [2.75, 3.05) is 6.61 Å². The summed E-state index contributed by atoms with van der Waals surface area (Å²) in [5.74, 6) is 0.566. The Hall–Kier alpha value is -0.860. The molecule has 0 amide bonds. The minimum absolute atomic E-state index is 0.273. The topological polar surface area (TPSA) is 29.5 Å². The number of aliphatic hydroxyl groups is 1. The number of rotatable bonds is 5. The van der Waals surface area contributed by atoms with Gasteiger partial charge in [-0.3, -0.25) is 0 Å². The third-order valence-corrected chi connectivity index (χ3v) is 3.68. The molecule has 1 fully saturated rings. The van der Waals surface area contributed by atoms with Crippen LogP contribution in [0.25, 0.3) is 0 Å².